The lowest BCUT2D eigenvalue weighted by Crippen LogP contribution is -2.62. The Morgan fingerprint density at radius 1 is 0.600 bits per heavy atom. The summed E-state index contributed by atoms with van der Waals surface area (Å²) in [5.74, 6) is -11.6. The quantitative estimate of drug-likeness (QED) is 0.0700. The Morgan fingerprint density at radius 2 is 1.13 bits per heavy atom. The van der Waals surface area contributed by atoms with Crippen LogP contribution >= 0.6 is 0 Å². The number of aromatic nitrogens is 1. The maximum Gasteiger partial charge on any atom is 0.303 e. The highest BCUT2D eigenvalue weighted by molar-refractivity contribution is 6.01. The Bertz CT molecular complexity index is 2920. The third kappa shape index (κ3) is 18.3. The first-order valence-electron chi connectivity index (χ1n) is 29.0. The summed E-state index contributed by atoms with van der Waals surface area (Å²) in [5, 5.41) is 42.2. The largest absolute Gasteiger partial charge is 0.481 e. The van der Waals surface area contributed by atoms with Gasteiger partial charge in [0, 0.05) is 49.5 Å². The van der Waals surface area contributed by atoms with Gasteiger partial charge >= 0.3 is 5.97 Å². The number of carbonyl (C=O) groups is 12. The molecule has 3 fully saturated rings. The third-order valence-electron chi connectivity index (χ3n) is 15.3. The number of rotatable bonds is 16. The van der Waals surface area contributed by atoms with Crippen LogP contribution in [0.5, 0.6) is 0 Å². The highest BCUT2D eigenvalue weighted by Crippen LogP contribution is 2.27. The van der Waals surface area contributed by atoms with Crippen molar-refractivity contribution in [2.75, 3.05) is 19.6 Å². The molecule has 15 N–H and O–H groups in total. The van der Waals surface area contributed by atoms with E-state index in [2.05, 4.69) is 47.5 Å². The number of hydrogen-bond acceptors (Lipinski definition) is 14. The van der Waals surface area contributed by atoms with Gasteiger partial charge in [-0.25, -0.2) is 0 Å². The van der Waals surface area contributed by atoms with E-state index in [1.165, 1.54) is 23.6 Å². The molecular formula is C58H81N13O14. The number of aliphatic carboxylic acids is 1. The number of aliphatic hydroxyl groups is 1. The minimum atomic E-state index is -1.77. The van der Waals surface area contributed by atoms with Crippen molar-refractivity contribution in [2.24, 2.45) is 17.4 Å². The van der Waals surface area contributed by atoms with E-state index in [9.17, 15) is 67.7 Å². The Hall–Kier alpha value is -8.46. The summed E-state index contributed by atoms with van der Waals surface area (Å²) in [4.78, 5) is 174. The zero-order valence-corrected chi connectivity index (χ0v) is 48.4. The van der Waals surface area contributed by atoms with E-state index in [0.29, 0.717) is 41.3 Å². The van der Waals surface area contributed by atoms with Crippen LogP contribution in [0.15, 0.2) is 60.8 Å². The maximum absolute atomic E-state index is 14.7. The zero-order chi connectivity index (χ0) is 62.1. The van der Waals surface area contributed by atoms with Crippen molar-refractivity contribution in [1.29, 1.82) is 0 Å². The molecule has 11 amide bonds. The number of hydrogen-bond donors (Lipinski definition) is 13. The van der Waals surface area contributed by atoms with Gasteiger partial charge in [0.25, 0.3) is 0 Å². The van der Waals surface area contributed by atoms with Crippen molar-refractivity contribution < 1.29 is 67.7 Å². The monoisotopic (exact) mass is 1180 g/mol. The summed E-state index contributed by atoms with van der Waals surface area (Å²) in [6, 6.07) is 1.30. The average molecular weight is 1180 g/mol. The van der Waals surface area contributed by atoms with Crippen LogP contribution in [0.4, 0.5) is 0 Å². The molecule has 0 aliphatic carbocycles. The summed E-state index contributed by atoms with van der Waals surface area (Å²) in [5.41, 5.74) is 13.3. The van der Waals surface area contributed by atoms with Crippen molar-refractivity contribution in [3.05, 3.63) is 71.9 Å². The van der Waals surface area contributed by atoms with Crippen LogP contribution in [0, 0.1) is 5.92 Å². The SMILES string of the molecule is CC(C)C[C@@H]1NC(=O)[C@H](Cc2c[nH]c3ccccc23)NC(=O)[C@H](C)NC(=O)[C@H](Cc2ccccc2)NC(=O)[C@@H]2CCCN2C(=O)[C@H]2CCCN2C(=O)[C@H]([C@@H](C)O)NC(=O)[C@H](CCC(=O)O)NC(=O)[C@H](CCCCN)NC(=O)[C@H](CC(N)=O)NC1=O. The molecule has 6 rings (SSSR count). The number of aliphatic hydroxyl groups excluding tert-OH is 1. The van der Waals surface area contributed by atoms with Gasteiger partial charge in [0.2, 0.25) is 65.0 Å². The topological polar surface area (TPSA) is 416 Å². The molecule has 3 aliphatic heterocycles. The van der Waals surface area contributed by atoms with E-state index in [0.717, 1.165) is 0 Å². The van der Waals surface area contributed by atoms with Crippen molar-refractivity contribution in [3.63, 3.8) is 0 Å². The molecule has 27 heteroatoms. The molecule has 27 nitrogen and oxygen atoms in total. The van der Waals surface area contributed by atoms with Gasteiger partial charge in [-0.15, -0.1) is 0 Å². The van der Waals surface area contributed by atoms with Crippen LogP contribution in [0.1, 0.15) is 109 Å². The molecule has 1 aromatic heterocycles. The number of carboxylic acids is 1. The van der Waals surface area contributed by atoms with Gasteiger partial charge in [0.05, 0.1) is 12.5 Å². The molecule has 0 bridgehead atoms. The maximum atomic E-state index is 14.7. The number of primary amides is 1. The minimum Gasteiger partial charge on any atom is -0.481 e. The fraction of sp³-hybridized carbons (Fsp3) is 0.552. The van der Waals surface area contributed by atoms with Crippen LogP contribution in [0.3, 0.4) is 0 Å². The Kier molecular flexibility index (Phi) is 23.9. The first-order valence-corrected chi connectivity index (χ1v) is 29.0. The second-order valence-corrected chi connectivity index (χ2v) is 22.5. The van der Waals surface area contributed by atoms with Gasteiger partial charge in [-0.05, 0) is 101 Å². The molecular weight excluding hydrogens is 1100 g/mol. The van der Waals surface area contributed by atoms with E-state index in [4.69, 9.17) is 11.5 Å². The number of fused-ring (bicyclic) bond motifs is 3. The Balaban J connectivity index is 1.40. The predicted molar refractivity (Wildman–Crippen MR) is 307 cm³/mol. The molecule has 0 unspecified atom stereocenters. The summed E-state index contributed by atoms with van der Waals surface area (Å²) in [7, 11) is 0. The highest BCUT2D eigenvalue weighted by Gasteiger charge is 2.46. The number of nitrogens with one attached hydrogen (secondary N) is 9. The lowest BCUT2D eigenvalue weighted by atomic mass is 10.00. The van der Waals surface area contributed by atoms with E-state index in [-0.39, 0.29) is 70.5 Å². The number of nitrogens with two attached hydrogens (primary N) is 2. The molecule has 85 heavy (non-hydrogen) atoms. The summed E-state index contributed by atoms with van der Waals surface area (Å²) in [6.07, 6.45) is -0.851. The predicted octanol–water partition coefficient (Wildman–Crippen LogP) is -1.86. The number of nitrogens with zero attached hydrogens (tertiary/aromatic N) is 2. The molecule has 3 aliphatic rings. The van der Waals surface area contributed by atoms with Gasteiger partial charge in [-0.3, -0.25) is 57.5 Å². The zero-order valence-electron chi connectivity index (χ0n) is 48.4. The second-order valence-electron chi connectivity index (χ2n) is 22.5. The Morgan fingerprint density at radius 3 is 1.78 bits per heavy atom. The minimum absolute atomic E-state index is 0.00248. The number of para-hydroxylation sites is 1. The fourth-order valence-electron chi connectivity index (χ4n) is 10.8. The number of carbonyl (C=O) groups excluding carboxylic acids is 11. The van der Waals surface area contributed by atoms with Crippen LogP contribution in [0.2, 0.25) is 0 Å². The fourth-order valence-corrected chi connectivity index (χ4v) is 10.8. The van der Waals surface area contributed by atoms with E-state index in [1.54, 1.807) is 68.6 Å². The Labute approximate surface area is 492 Å². The van der Waals surface area contributed by atoms with Crippen LogP contribution < -0.4 is 54.0 Å². The van der Waals surface area contributed by atoms with E-state index in [1.807, 2.05) is 6.07 Å². The number of aromatic amines is 1. The number of benzene rings is 2. The number of unbranched alkanes of at least 4 members (excludes halogenated alkanes) is 1. The van der Waals surface area contributed by atoms with Gasteiger partial charge in [-0.2, -0.15) is 0 Å². The number of carboxylic acid groups (broad SMARTS) is 1. The smallest absolute Gasteiger partial charge is 0.303 e. The van der Waals surface area contributed by atoms with Crippen LogP contribution in [0.25, 0.3) is 10.9 Å². The molecule has 2 aromatic carbocycles. The van der Waals surface area contributed by atoms with Crippen molar-refractivity contribution in [1.82, 2.24) is 57.3 Å². The number of amides is 11. The van der Waals surface area contributed by atoms with E-state index < -0.39 is 157 Å². The first-order chi connectivity index (χ1) is 40.4. The summed E-state index contributed by atoms with van der Waals surface area (Å²) >= 11 is 0. The molecule has 3 saturated heterocycles. The molecule has 0 spiro atoms. The summed E-state index contributed by atoms with van der Waals surface area (Å²) in [6.45, 7) is 6.34. The second kappa shape index (κ2) is 30.9. The number of H-pyrrole nitrogens is 1. The normalized spacial score (nSPS) is 26.2. The third-order valence-corrected chi connectivity index (χ3v) is 15.3. The molecule has 4 heterocycles. The lowest BCUT2D eigenvalue weighted by molar-refractivity contribution is -0.149. The standard InChI is InChI=1S/C58H81N13O14/c1-31(2)26-40-53(80)67-43(29-46(60)73)55(82)63-38(18-10-11-23-59)50(77)64-39(21-22-47(74)75)51(78)69-48(33(4)72)58(85)71-25-13-20-45(71)57(84)70-24-12-19-44(70)56(83)68-41(27-34-14-6-5-7-15-34)52(79)62-32(3)49(76)65-42(54(81)66-40)28-35-30-61-37-17-9-8-16-36(35)37/h5-9,14-17,30-33,38-45,48,61,72H,10-13,18-29,59H2,1-4H3,(H2,60,73)(H,62,79)(H,63,82)(H,64,77)(H,65,76)(H,66,81)(H,67,80)(H,68,83)(H,69,78)(H,74,75)/t32-,33+,38-,39-,40-,41-,42-,43-,44-,45+,48-/m0/s1. The molecule has 3 aromatic rings. The highest BCUT2D eigenvalue weighted by atomic mass is 16.4. The summed E-state index contributed by atoms with van der Waals surface area (Å²) < 4.78 is 0. The van der Waals surface area contributed by atoms with Crippen LogP contribution in [-0.4, -0.2) is 182 Å². The van der Waals surface area contributed by atoms with Crippen molar-refractivity contribution in [2.45, 2.75) is 178 Å². The molecule has 0 radical (unpaired) electrons. The van der Waals surface area contributed by atoms with Gasteiger partial charge in [-0.1, -0.05) is 62.4 Å². The van der Waals surface area contributed by atoms with Gasteiger partial charge < -0.3 is 79.0 Å². The molecule has 0 saturated carbocycles. The van der Waals surface area contributed by atoms with Gasteiger partial charge in [0.1, 0.15) is 60.4 Å². The molecule has 462 valence electrons. The van der Waals surface area contributed by atoms with Crippen LogP contribution in [-0.2, 0) is 70.4 Å². The molecule has 11 atom stereocenters. The van der Waals surface area contributed by atoms with E-state index >= 15 is 0 Å². The first kappa shape index (κ1) is 65.7. The van der Waals surface area contributed by atoms with Gasteiger partial charge in [0.15, 0.2) is 0 Å². The van der Waals surface area contributed by atoms with Crippen molar-refractivity contribution >= 4 is 81.9 Å². The van der Waals surface area contributed by atoms with Crippen molar-refractivity contribution in [3.8, 4) is 0 Å². The average Bonchev–Trinajstić information content (AvgIpc) is 3.12. The lowest BCUT2D eigenvalue weighted by Gasteiger charge is -2.34.